The standard InChI is InChI=1S/C18H22N2OS.ClH/c1-12-7-8-14-15(11-22-17(14)9-12)18(21)20-10-16(19)13-5-3-2-4-6-13;/h2-6,11-12,16H,7-10,19H2,1H3,(H,20,21);1H. The van der Waals surface area contributed by atoms with Crippen LogP contribution >= 0.6 is 23.7 Å². The molecule has 0 bridgehead atoms. The molecule has 1 aromatic heterocycles. The summed E-state index contributed by atoms with van der Waals surface area (Å²) in [6, 6.07) is 9.71. The predicted octanol–water partition coefficient (Wildman–Crippen LogP) is 3.72. The quantitative estimate of drug-likeness (QED) is 0.882. The summed E-state index contributed by atoms with van der Waals surface area (Å²) < 4.78 is 0. The lowest BCUT2D eigenvalue weighted by atomic mass is 9.88. The van der Waals surface area contributed by atoms with Crippen LogP contribution in [0, 0.1) is 5.92 Å². The SMILES string of the molecule is CC1CCc2c(C(=O)NCC(N)c3ccccc3)csc2C1.Cl. The van der Waals surface area contributed by atoms with Crippen molar-refractivity contribution in [2.24, 2.45) is 11.7 Å². The van der Waals surface area contributed by atoms with Gasteiger partial charge in [0.05, 0.1) is 5.56 Å². The van der Waals surface area contributed by atoms with Crippen LogP contribution in [0.1, 0.15) is 45.7 Å². The van der Waals surface area contributed by atoms with Crippen molar-refractivity contribution < 1.29 is 4.79 Å². The van der Waals surface area contributed by atoms with E-state index in [1.807, 2.05) is 35.7 Å². The molecule has 0 radical (unpaired) electrons. The Bertz CT molecular complexity index is 656. The lowest BCUT2D eigenvalue weighted by molar-refractivity contribution is 0.0950. The van der Waals surface area contributed by atoms with Crippen LogP contribution in [-0.4, -0.2) is 12.5 Å². The van der Waals surface area contributed by atoms with E-state index in [-0.39, 0.29) is 24.4 Å². The third-order valence-electron chi connectivity index (χ3n) is 4.36. The summed E-state index contributed by atoms with van der Waals surface area (Å²) >= 11 is 1.72. The summed E-state index contributed by atoms with van der Waals surface area (Å²) in [6.07, 6.45) is 3.30. The molecule has 2 aromatic rings. The Morgan fingerprint density at radius 3 is 2.87 bits per heavy atom. The number of carbonyl (C=O) groups is 1. The van der Waals surface area contributed by atoms with Crippen molar-refractivity contribution in [3.63, 3.8) is 0 Å². The van der Waals surface area contributed by atoms with Gasteiger partial charge in [0.2, 0.25) is 0 Å². The van der Waals surface area contributed by atoms with E-state index < -0.39 is 0 Å². The summed E-state index contributed by atoms with van der Waals surface area (Å²) in [4.78, 5) is 13.8. The van der Waals surface area contributed by atoms with Gasteiger partial charge in [-0.3, -0.25) is 4.79 Å². The van der Waals surface area contributed by atoms with Gasteiger partial charge in [-0.2, -0.15) is 0 Å². The Balaban J connectivity index is 0.00000192. The van der Waals surface area contributed by atoms with E-state index in [9.17, 15) is 4.79 Å². The first kappa shape index (κ1) is 18.0. The first-order valence-corrected chi connectivity index (χ1v) is 8.71. The van der Waals surface area contributed by atoms with Crippen LogP contribution in [0.4, 0.5) is 0 Å². The molecule has 124 valence electrons. The fourth-order valence-electron chi connectivity index (χ4n) is 2.98. The fraction of sp³-hybridized carbons (Fsp3) is 0.389. The maximum atomic E-state index is 12.4. The van der Waals surface area contributed by atoms with Gasteiger partial charge in [0, 0.05) is 22.8 Å². The van der Waals surface area contributed by atoms with Crippen LogP contribution in [0.25, 0.3) is 0 Å². The monoisotopic (exact) mass is 350 g/mol. The Labute approximate surface area is 147 Å². The van der Waals surface area contributed by atoms with Crippen molar-refractivity contribution in [1.29, 1.82) is 0 Å². The Morgan fingerprint density at radius 2 is 2.13 bits per heavy atom. The summed E-state index contributed by atoms with van der Waals surface area (Å²) in [5.41, 5.74) is 9.30. The molecular weight excluding hydrogens is 328 g/mol. The second-order valence-electron chi connectivity index (χ2n) is 6.13. The number of thiophene rings is 1. The summed E-state index contributed by atoms with van der Waals surface area (Å²) in [5, 5.41) is 4.99. The van der Waals surface area contributed by atoms with Gasteiger partial charge in [0.25, 0.3) is 5.91 Å². The topological polar surface area (TPSA) is 55.1 Å². The lowest BCUT2D eigenvalue weighted by Crippen LogP contribution is -2.32. The number of hydrogen-bond acceptors (Lipinski definition) is 3. The van der Waals surface area contributed by atoms with Crippen LogP contribution < -0.4 is 11.1 Å². The second-order valence-corrected chi connectivity index (χ2v) is 7.09. The van der Waals surface area contributed by atoms with E-state index in [0.717, 1.165) is 29.9 Å². The minimum atomic E-state index is -0.167. The van der Waals surface area contributed by atoms with Gasteiger partial charge < -0.3 is 11.1 Å². The van der Waals surface area contributed by atoms with E-state index in [0.29, 0.717) is 6.54 Å². The average Bonchev–Trinajstić information content (AvgIpc) is 2.96. The molecule has 3 nitrogen and oxygen atoms in total. The number of hydrogen-bond donors (Lipinski definition) is 2. The Hall–Kier alpha value is -1.36. The molecule has 0 saturated carbocycles. The first-order valence-electron chi connectivity index (χ1n) is 7.83. The summed E-state index contributed by atoms with van der Waals surface area (Å²) in [7, 11) is 0. The Kier molecular flexibility index (Phi) is 6.22. The van der Waals surface area contributed by atoms with Gasteiger partial charge in [-0.05, 0) is 36.3 Å². The summed E-state index contributed by atoms with van der Waals surface area (Å²) in [5.74, 6) is 0.743. The van der Waals surface area contributed by atoms with Gasteiger partial charge in [0.15, 0.2) is 0 Å². The van der Waals surface area contributed by atoms with Crippen molar-refractivity contribution in [3.05, 3.63) is 57.3 Å². The highest BCUT2D eigenvalue weighted by molar-refractivity contribution is 7.10. The molecule has 23 heavy (non-hydrogen) atoms. The number of benzene rings is 1. The van der Waals surface area contributed by atoms with E-state index in [1.54, 1.807) is 11.3 Å². The molecule has 1 aliphatic rings. The number of rotatable bonds is 4. The van der Waals surface area contributed by atoms with Gasteiger partial charge >= 0.3 is 0 Å². The Morgan fingerprint density at radius 1 is 1.39 bits per heavy atom. The largest absolute Gasteiger partial charge is 0.350 e. The van der Waals surface area contributed by atoms with Gasteiger partial charge in [-0.1, -0.05) is 37.3 Å². The van der Waals surface area contributed by atoms with E-state index >= 15 is 0 Å². The van der Waals surface area contributed by atoms with Crippen molar-refractivity contribution in [2.75, 3.05) is 6.54 Å². The molecule has 2 unspecified atom stereocenters. The first-order chi connectivity index (χ1) is 10.6. The van der Waals surface area contributed by atoms with Crippen LogP contribution in [0.2, 0.25) is 0 Å². The molecular formula is C18H23ClN2OS. The van der Waals surface area contributed by atoms with Crippen molar-refractivity contribution >= 4 is 29.7 Å². The average molecular weight is 351 g/mol. The second kappa shape index (κ2) is 7.95. The van der Waals surface area contributed by atoms with Crippen LogP contribution in [0.3, 0.4) is 0 Å². The van der Waals surface area contributed by atoms with Crippen LogP contribution in [0.15, 0.2) is 35.7 Å². The van der Waals surface area contributed by atoms with E-state index in [1.165, 1.54) is 16.9 Å². The molecule has 3 rings (SSSR count). The number of fused-ring (bicyclic) bond motifs is 1. The van der Waals surface area contributed by atoms with Gasteiger partial charge in [0.1, 0.15) is 0 Å². The molecule has 1 amide bonds. The highest BCUT2D eigenvalue weighted by atomic mass is 35.5. The van der Waals surface area contributed by atoms with Gasteiger partial charge in [-0.25, -0.2) is 0 Å². The molecule has 0 spiro atoms. The highest BCUT2D eigenvalue weighted by Crippen LogP contribution is 2.32. The lowest BCUT2D eigenvalue weighted by Gasteiger charge is -2.19. The number of carbonyl (C=O) groups excluding carboxylic acids is 1. The molecule has 1 aliphatic carbocycles. The van der Waals surface area contributed by atoms with E-state index in [2.05, 4.69) is 12.2 Å². The number of nitrogens with one attached hydrogen (secondary N) is 1. The summed E-state index contributed by atoms with van der Waals surface area (Å²) in [6.45, 7) is 2.74. The van der Waals surface area contributed by atoms with Crippen molar-refractivity contribution in [1.82, 2.24) is 5.32 Å². The van der Waals surface area contributed by atoms with Crippen molar-refractivity contribution in [3.8, 4) is 0 Å². The highest BCUT2D eigenvalue weighted by Gasteiger charge is 2.23. The molecule has 2 atom stereocenters. The normalized spacial score (nSPS) is 17.7. The maximum absolute atomic E-state index is 12.4. The molecule has 1 aromatic carbocycles. The number of amides is 1. The maximum Gasteiger partial charge on any atom is 0.252 e. The number of halogens is 1. The smallest absolute Gasteiger partial charge is 0.252 e. The zero-order chi connectivity index (χ0) is 15.5. The van der Waals surface area contributed by atoms with E-state index in [4.69, 9.17) is 5.73 Å². The predicted molar refractivity (Wildman–Crippen MR) is 98.5 cm³/mol. The molecule has 3 N–H and O–H groups in total. The fourth-order valence-corrected chi connectivity index (χ4v) is 4.23. The van der Waals surface area contributed by atoms with Crippen LogP contribution in [0.5, 0.6) is 0 Å². The minimum Gasteiger partial charge on any atom is -0.350 e. The molecule has 0 aliphatic heterocycles. The zero-order valence-corrected chi connectivity index (χ0v) is 14.9. The van der Waals surface area contributed by atoms with Crippen molar-refractivity contribution in [2.45, 2.75) is 32.2 Å². The van der Waals surface area contributed by atoms with Crippen LogP contribution in [-0.2, 0) is 12.8 Å². The molecule has 1 heterocycles. The minimum absolute atomic E-state index is 0. The zero-order valence-electron chi connectivity index (χ0n) is 13.2. The molecule has 0 saturated heterocycles. The molecule has 5 heteroatoms. The third kappa shape index (κ3) is 4.14. The third-order valence-corrected chi connectivity index (χ3v) is 5.41. The number of nitrogens with two attached hydrogens (primary N) is 1. The molecule has 0 fully saturated rings. The van der Waals surface area contributed by atoms with Gasteiger partial charge in [-0.15, -0.1) is 23.7 Å².